The van der Waals surface area contributed by atoms with E-state index < -0.39 is 0 Å². The maximum absolute atomic E-state index is 5.31. The van der Waals surface area contributed by atoms with Crippen molar-refractivity contribution in [2.75, 3.05) is 25.0 Å². The van der Waals surface area contributed by atoms with Crippen LogP contribution in [0.2, 0.25) is 0 Å². The monoisotopic (exact) mass is 250 g/mol. The van der Waals surface area contributed by atoms with Gasteiger partial charge in [-0.05, 0) is 19.3 Å². The summed E-state index contributed by atoms with van der Waals surface area (Å²) < 4.78 is 0. The third-order valence-electron chi connectivity index (χ3n) is 3.00. The summed E-state index contributed by atoms with van der Waals surface area (Å²) in [6, 6.07) is 0.515. The minimum atomic E-state index is 0.515. The normalized spacial score (nSPS) is 17.9. The van der Waals surface area contributed by atoms with E-state index >= 15 is 0 Å². The molecule has 1 aliphatic heterocycles. The second-order valence-electron chi connectivity index (χ2n) is 4.25. The van der Waals surface area contributed by atoms with Crippen LogP contribution in [0, 0.1) is 12.3 Å². The highest BCUT2D eigenvalue weighted by atomic mass is 32.1. The minimum Gasteiger partial charge on any atom is -0.357 e. The molecule has 2 heterocycles. The Hall–Kier alpha value is -1.12. The molecule has 0 bridgehead atoms. The number of terminal acetylenes is 1. The lowest BCUT2D eigenvalue weighted by Crippen LogP contribution is -2.39. The van der Waals surface area contributed by atoms with Crippen molar-refractivity contribution in [3.63, 3.8) is 0 Å². The molecule has 1 aromatic rings. The molecule has 1 fully saturated rings. The molecule has 92 valence electrons. The van der Waals surface area contributed by atoms with Crippen molar-refractivity contribution in [2.45, 2.75) is 32.2 Å². The molecule has 0 atom stereocenters. The second-order valence-corrected chi connectivity index (χ2v) is 5.32. The SMILES string of the molecule is C#CCN1CCC(Nc2nnc(CC)s2)CC1. The van der Waals surface area contributed by atoms with E-state index in [0.717, 1.165) is 49.0 Å². The Labute approximate surface area is 106 Å². The van der Waals surface area contributed by atoms with Crippen molar-refractivity contribution in [2.24, 2.45) is 0 Å². The maximum Gasteiger partial charge on any atom is 0.205 e. The number of nitrogens with one attached hydrogen (secondary N) is 1. The summed E-state index contributed by atoms with van der Waals surface area (Å²) in [4.78, 5) is 2.32. The number of hydrogen-bond donors (Lipinski definition) is 1. The Morgan fingerprint density at radius 2 is 2.24 bits per heavy atom. The fourth-order valence-electron chi connectivity index (χ4n) is 1.99. The summed E-state index contributed by atoms with van der Waals surface area (Å²) >= 11 is 1.66. The first-order chi connectivity index (χ1) is 8.31. The van der Waals surface area contributed by atoms with Crippen molar-refractivity contribution < 1.29 is 0 Å². The van der Waals surface area contributed by atoms with Crippen LogP contribution in [0.1, 0.15) is 24.8 Å². The number of aryl methyl sites for hydroxylation is 1. The van der Waals surface area contributed by atoms with Gasteiger partial charge in [-0.2, -0.15) is 0 Å². The van der Waals surface area contributed by atoms with E-state index in [2.05, 4.69) is 33.3 Å². The molecule has 0 radical (unpaired) electrons. The van der Waals surface area contributed by atoms with E-state index in [-0.39, 0.29) is 0 Å². The molecule has 0 aliphatic carbocycles. The molecule has 0 unspecified atom stereocenters. The molecule has 4 nitrogen and oxygen atoms in total. The van der Waals surface area contributed by atoms with Crippen LogP contribution in [0.25, 0.3) is 0 Å². The van der Waals surface area contributed by atoms with Gasteiger partial charge in [-0.15, -0.1) is 16.6 Å². The first kappa shape index (κ1) is 12.3. The molecule has 1 aliphatic rings. The molecule has 1 aromatic heterocycles. The zero-order valence-electron chi connectivity index (χ0n) is 10.1. The fraction of sp³-hybridized carbons (Fsp3) is 0.667. The molecule has 17 heavy (non-hydrogen) atoms. The molecule has 0 aromatic carbocycles. The molecule has 0 saturated carbocycles. The van der Waals surface area contributed by atoms with E-state index in [0.29, 0.717) is 6.04 Å². The van der Waals surface area contributed by atoms with Crippen molar-refractivity contribution in [3.05, 3.63) is 5.01 Å². The molecule has 0 spiro atoms. The van der Waals surface area contributed by atoms with Crippen molar-refractivity contribution in [1.82, 2.24) is 15.1 Å². The standard InChI is InChI=1S/C12H18N4S/c1-3-7-16-8-5-10(6-9-16)13-12-15-14-11(4-2)17-12/h1,10H,4-9H2,2H3,(H,13,15). The van der Waals surface area contributed by atoms with Crippen LogP contribution < -0.4 is 5.32 Å². The van der Waals surface area contributed by atoms with Crippen LogP contribution in [0.3, 0.4) is 0 Å². The van der Waals surface area contributed by atoms with Crippen LogP contribution in [-0.4, -0.2) is 40.8 Å². The van der Waals surface area contributed by atoms with E-state index in [1.807, 2.05) is 0 Å². The second kappa shape index (κ2) is 5.99. The number of aromatic nitrogens is 2. The van der Waals surface area contributed by atoms with Gasteiger partial charge in [0, 0.05) is 19.1 Å². The Morgan fingerprint density at radius 3 is 2.82 bits per heavy atom. The third-order valence-corrected chi connectivity index (χ3v) is 4.00. The number of anilines is 1. The predicted molar refractivity (Wildman–Crippen MR) is 71.2 cm³/mol. The third kappa shape index (κ3) is 3.42. The first-order valence-electron chi connectivity index (χ1n) is 6.06. The van der Waals surface area contributed by atoms with Gasteiger partial charge >= 0.3 is 0 Å². The number of piperidine rings is 1. The summed E-state index contributed by atoms with van der Waals surface area (Å²) in [6.45, 7) is 5.01. The molecule has 0 amide bonds. The van der Waals surface area contributed by atoms with Crippen LogP contribution in [0.5, 0.6) is 0 Å². The average molecular weight is 250 g/mol. The van der Waals surface area contributed by atoms with Gasteiger partial charge < -0.3 is 5.32 Å². The van der Waals surface area contributed by atoms with Crippen molar-refractivity contribution in [3.8, 4) is 12.3 Å². The summed E-state index contributed by atoms with van der Waals surface area (Å²) in [5.74, 6) is 2.70. The lowest BCUT2D eigenvalue weighted by atomic mass is 10.1. The van der Waals surface area contributed by atoms with Gasteiger partial charge in [0.15, 0.2) is 0 Å². The minimum absolute atomic E-state index is 0.515. The Morgan fingerprint density at radius 1 is 1.47 bits per heavy atom. The zero-order valence-corrected chi connectivity index (χ0v) is 11.0. The van der Waals surface area contributed by atoms with E-state index in [1.54, 1.807) is 11.3 Å². The highest BCUT2D eigenvalue weighted by molar-refractivity contribution is 7.15. The van der Waals surface area contributed by atoms with Gasteiger partial charge in [-0.25, -0.2) is 0 Å². The lowest BCUT2D eigenvalue weighted by molar-refractivity contribution is 0.243. The smallest absolute Gasteiger partial charge is 0.205 e. The molecule has 2 rings (SSSR count). The van der Waals surface area contributed by atoms with Crippen LogP contribution in [0.4, 0.5) is 5.13 Å². The first-order valence-corrected chi connectivity index (χ1v) is 6.88. The zero-order chi connectivity index (χ0) is 12.1. The van der Waals surface area contributed by atoms with Crippen LogP contribution in [0.15, 0.2) is 0 Å². The highest BCUT2D eigenvalue weighted by Crippen LogP contribution is 2.20. The van der Waals surface area contributed by atoms with Gasteiger partial charge in [0.05, 0.1) is 6.54 Å². The topological polar surface area (TPSA) is 41.0 Å². The predicted octanol–water partition coefficient (Wildman–Crippen LogP) is 1.61. The maximum atomic E-state index is 5.31. The number of nitrogens with zero attached hydrogens (tertiary/aromatic N) is 3. The van der Waals surface area contributed by atoms with Crippen molar-refractivity contribution >= 4 is 16.5 Å². The van der Waals surface area contributed by atoms with Gasteiger partial charge in [0.25, 0.3) is 0 Å². The van der Waals surface area contributed by atoms with Crippen LogP contribution in [-0.2, 0) is 6.42 Å². The van der Waals surface area contributed by atoms with Gasteiger partial charge in [0.2, 0.25) is 5.13 Å². The van der Waals surface area contributed by atoms with Gasteiger partial charge in [-0.3, -0.25) is 4.90 Å². The van der Waals surface area contributed by atoms with Gasteiger partial charge in [0.1, 0.15) is 5.01 Å². The Bertz CT molecular complexity index is 387. The Balaban J connectivity index is 1.80. The Kier molecular flexibility index (Phi) is 4.35. The largest absolute Gasteiger partial charge is 0.357 e. The molecular weight excluding hydrogens is 232 g/mol. The number of rotatable bonds is 4. The highest BCUT2D eigenvalue weighted by Gasteiger charge is 2.19. The molecule has 1 N–H and O–H groups in total. The lowest BCUT2D eigenvalue weighted by Gasteiger charge is -2.30. The summed E-state index contributed by atoms with van der Waals surface area (Å²) in [5, 5.41) is 13.8. The van der Waals surface area contributed by atoms with E-state index in [4.69, 9.17) is 6.42 Å². The summed E-state index contributed by atoms with van der Waals surface area (Å²) in [5.41, 5.74) is 0. The summed E-state index contributed by atoms with van der Waals surface area (Å²) in [6.07, 6.45) is 8.53. The molecular formula is C12H18N4S. The molecule has 1 saturated heterocycles. The molecule has 5 heteroatoms. The van der Waals surface area contributed by atoms with Gasteiger partial charge in [-0.1, -0.05) is 24.2 Å². The average Bonchev–Trinajstić information content (AvgIpc) is 2.80. The van der Waals surface area contributed by atoms with E-state index in [9.17, 15) is 0 Å². The number of hydrogen-bond acceptors (Lipinski definition) is 5. The van der Waals surface area contributed by atoms with Crippen LogP contribution >= 0.6 is 11.3 Å². The number of likely N-dealkylation sites (tertiary alicyclic amines) is 1. The fourth-order valence-corrected chi connectivity index (χ4v) is 2.75. The van der Waals surface area contributed by atoms with E-state index in [1.165, 1.54) is 0 Å². The summed E-state index contributed by atoms with van der Waals surface area (Å²) in [7, 11) is 0. The van der Waals surface area contributed by atoms with Crippen molar-refractivity contribution in [1.29, 1.82) is 0 Å². The quantitative estimate of drug-likeness (QED) is 0.824.